The lowest BCUT2D eigenvalue weighted by atomic mass is 10.2. The summed E-state index contributed by atoms with van der Waals surface area (Å²) in [4.78, 5) is 26.4. The molecule has 2 rings (SSSR count). The van der Waals surface area contributed by atoms with Gasteiger partial charge in [-0.05, 0) is 69.3 Å². The first-order valence-electron chi connectivity index (χ1n) is 9.19. The Hall–Kier alpha value is -2.93. The van der Waals surface area contributed by atoms with Crippen molar-refractivity contribution in [3.63, 3.8) is 0 Å². The van der Waals surface area contributed by atoms with Gasteiger partial charge in [0.2, 0.25) is 11.8 Å². The van der Waals surface area contributed by atoms with E-state index in [0.29, 0.717) is 18.0 Å². The van der Waals surface area contributed by atoms with E-state index in [-0.39, 0.29) is 36.8 Å². The molecular weight excluding hydrogens is 361 g/mol. The summed E-state index contributed by atoms with van der Waals surface area (Å²) in [6.07, 6.45) is 0. The SMILES string of the molecule is CCOc1ccc(NC(=O)CN(CC(=O)Nc2ccc(F)cc2)C(C)C)cc1. The normalized spacial score (nSPS) is 10.8. The van der Waals surface area contributed by atoms with Gasteiger partial charge in [-0.2, -0.15) is 0 Å². The van der Waals surface area contributed by atoms with Crippen LogP contribution < -0.4 is 15.4 Å². The summed E-state index contributed by atoms with van der Waals surface area (Å²) in [5.41, 5.74) is 1.17. The Bertz CT molecular complexity index is 776. The lowest BCUT2D eigenvalue weighted by molar-refractivity contribution is -0.120. The van der Waals surface area contributed by atoms with Gasteiger partial charge in [0.25, 0.3) is 0 Å². The molecule has 0 aliphatic heterocycles. The highest BCUT2D eigenvalue weighted by Gasteiger charge is 2.18. The van der Waals surface area contributed by atoms with Crippen molar-refractivity contribution in [1.82, 2.24) is 4.90 Å². The molecule has 0 fully saturated rings. The van der Waals surface area contributed by atoms with E-state index >= 15 is 0 Å². The number of ether oxygens (including phenoxy) is 1. The number of amides is 2. The van der Waals surface area contributed by atoms with Crippen LogP contribution >= 0.6 is 0 Å². The minimum absolute atomic E-state index is 0.00921. The van der Waals surface area contributed by atoms with E-state index in [1.54, 1.807) is 29.2 Å². The highest BCUT2D eigenvalue weighted by molar-refractivity contribution is 5.94. The smallest absolute Gasteiger partial charge is 0.238 e. The summed E-state index contributed by atoms with van der Waals surface area (Å²) in [6, 6.07) is 12.6. The van der Waals surface area contributed by atoms with Gasteiger partial charge >= 0.3 is 0 Å². The molecule has 28 heavy (non-hydrogen) atoms. The molecule has 2 amide bonds. The quantitative estimate of drug-likeness (QED) is 0.691. The molecule has 6 nitrogen and oxygen atoms in total. The third-order valence-electron chi connectivity index (χ3n) is 4.00. The summed E-state index contributed by atoms with van der Waals surface area (Å²) >= 11 is 0. The summed E-state index contributed by atoms with van der Waals surface area (Å²) in [5, 5.41) is 5.52. The fraction of sp³-hybridized carbons (Fsp3) is 0.333. The van der Waals surface area contributed by atoms with Gasteiger partial charge in [0.1, 0.15) is 11.6 Å². The molecule has 2 aromatic rings. The lowest BCUT2D eigenvalue weighted by Crippen LogP contribution is -2.42. The molecule has 0 bridgehead atoms. The van der Waals surface area contributed by atoms with Gasteiger partial charge in [-0.3, -0.25) is 14.5 Å². The number of anilines is 2. The minimum atomic E-state index is -0.368. The molecule has 0 unspecified atom stereocenters. The predicted molar refractivity (Wildman–Crippen MR) is 108 cm³/mol. The number of carbonyl (C=O) groups is 2. The number of benzene rings is 2. The van der Waals surface area contributed by atoms with Crippen LogP contribution in [0.2, 0.25) is 0 Å². The van der Waals surface area contributed by atoms with Crippen molar-refractivity contribution in [3.8, 4) is 5.75 Å². The summed E-state index contributed by atoms with van der Waals surface area (Å²) < 4.78 is 18.3. The van der Waals surface area contributed by atoms with E-state index in [9.17, 15) is 14.0 Å². The zero-order chi connectivity index (χ0) is 20.5. The molecule has 0 aromatic heterocycles. The number of hydrogen-bond acceptors (Lipinski definition) is 4. The maximum Gasteiger partial charge on any atom is 0.238 e. The maximum absolute atomic E-state index is 13.0. The number of carbonyl (C=O) groups excluding carboxylic acids is 2. The van der Waals surface area contributed by atoms with Crippen LogP contribution in [-0.2, 0) is 9.59 Å². The molecule has 0 atom stereocenters. The van der Waals surface area contributed by atoms with E-state index < -0.39 is 0 Å². The second-order valence-corrected chi connectivity index (χ2v) is 6.56. The molecule has 0 radical (unpaired) electrons. The second-order valence-electron chi connectivity index (χ2n) is 6.56. The maximum atomic E-state index is 13.0. The molecular formula is C21H26FN3O3. The van der Waals surface area contributed by atoms with Gasteiger partial charge in [0, 0.05) is 17.4 Å². The Morgan fingerprint density at radius 2 is 1.39 bits per heavy atom. The molecule has 0 aliphatic rings. The molecule has 150 valence electrons. The van der Waals surface area contributed by atoms with Crippen LogP contribution in [0.15, 0.2) is 48.5 Å². The van der Waals surface area contributed by atoms with E-state index in [4.69, 9.17) is 4.74 Å². The van der Waals surface area contributed by atoms with Gasteiger partial charge in [-0.15, -0.1) is 0 Å². The van der Waals surface area contributed by atoms with Gasteiger partial charge < -0.3 is 15.4 Å². The lowest BCUT2D eigenvalue weighted by Gasteiger charge is -2.25. The van der Waals surface area contributed by atoms with Crippen LogP contribution in [0.1, 0.15) is 20.8 Å². The minimum Gasteiger partial charge on any atom is -0.494 e. The number of nitrogens with one attached hydrogen (secondary N) is 2. The van der Waals surface area contributed by atoms with Crippen LogP contribution in [0.3, 0.4) is 0 Å². The van der Waals surface area contributed by atoms with Crippen LogP contribution in [0.4, 0.5) is 15.8 Å². The molecule has 0 saturated heterocycles. The predicted octanol–water partition coefficient (Wildman–Crippen LogP) is 3.51. The van der Waals surface area contributed by atoms with Crippen LogP contribution in [0.25, 0.3) is 0 Å². The molecule has 0 aliphatic carbocycles. The largest absolute Gasteiger partial charge is 0.494 e. The Morgan fingerprint density at radius 1 is 0.929 bits per heavy atom. The fourth-order valence-electron chi connectivity index (χ4n) is 2.53. The van der Waals surface area contributed by atoms with Gasteiger partial charge in [-0.25, -0.2) is 4.39 Å². The average Bonchev–Trinajstić information content (AvgIpc) is 2.65. The second kappa shape index (κ2) is 10.4. The highest BCUT2D eigenvalue weighted by Crippen LogP contribution is 2.15. The van der Waals surface area contributed by atoms with E-state index in [0.717, 1.165) is 5.75 Å². The Balaban J connectivity index is 1.89. The molecule has 0 saturated carbocycles. The van der Waals surface area contributed by atoms with E-state index in [2.05, 4.69) is 10.6 Å². The van der Waals surface area contributed by atoms with Crippen LogP contribution in [0, 0.1) is 5.82 Å². The van der Waals surface area contributed by atoms with Crippen molar-refractivity contribution in [1.29, 1.82) is 0 Å². The zero-order valence-electron chi connectivity index (χ0n) is 16.4. The number of rotatable bonds is 9. The van der Waals surface area contributed by atoms with Crippen LogP contribution in [0.5, 0.6) is 5.75 Å². The number of hydrogen-bond donors (Lipinski definition) is 2. The zero-order valence-corrected chi connectivity index (χ0v) is 16.4. The Labute approximate surface area is 164 Å². The topological polar surface area (TPSA) is 70.7 Å². The third-order valence-corrected chi connectivity index (χ3v) is 4.00. The molecule has 0 spiro atoms. The summed E-state index contributed by atoms with van der Waals surface area (Å²) in [7, 11) is 0. The van der Waals surface area contributed by atoms with Gasteiger partial charge in [-0.1, -0.05) is 0 Å². The standard InChI is InChI=1S/C21H26FN3O3/c1-4-28-19-11-9-18(10-12-19)24-21(27)14-25(15(2)3)13-20(26)23-17-7-5-16(22)6-8-17/h5-12,15H,4,13-14H2,1-3H3,(H,23,26)(H,24,27). The van der Waals surface area contributed by atoms with Gasteiger partial charge in [0.15, 0.2) is 0 Å². The highest BCUT2D eigenvalue weighted by atomic mass is 19.1. The third kappa shape index (κ3) is 7.00. The Morgan fingerprint density at radius 3 is 1.82 bits per heavy atom. The first-order chi connectivity index (χ1) is 13.4. The van der Waals surface area contributed by atoms with Crippen LogP contribution in [-0.4, -0.2) is 42.5 Å². The number of halogens is 1. The molecule has 7 heteroatoms. The van der Waals surface area contributed by atoms with Crippen molar-refractivity contribution in [2.24, 2.45) is 0 Å². The molecule has 2 N–H and O–H groups in total. The van der Waals surface area contributed by atoms with Crippen molar-refractivity contribution in [3.05, 3.63) is 54.3 Å². The Kier molecular flexibility index (Phi) is 7.95. The van der Waals surface area contributed by atoms with Crippen molar-refractivity contribution in [2.75, 3.05) is 30.3 Å². The van der Waals surface area contributed by atoms with Gasteiger partial charge in [0.05, 0.1) is 19.7 Å². The monoisotopic (exact) mass is 387 g/mol. The first kappa shape index (κ1) is 21.4. The van der Waals surface area contributed by atoms with E-state index in [1.807, 2.05) is 20.8 Å². The summed E-state index contributed by atoms with van der Waals surface area (Å²) in [5.74, 6) is -0.115. The van der Waals surface area contributed by atoms with E-state index in [1.165, 1.54) is 24.3 Å². The van der Waals surface area contributed by atoms with Crippen molar-refractivity contribution >= 4 is 23.2 Å². The molecule has 0 heterocycles. The average molecular weight is 387 g/mol. The number of nitrogens with zero attached hydrogens (tertiary/aromatic N) is 1. The first-order valence-corrected chi connectivity index (χ1v) is 9.19. The molecule has 2 aromatic carbocycles. The fourth-order valence-corrected chi connectivity index (χ4v) is 2.53. The van der Waals surface area contributed by atoms with Crippen molar-refractivity contribution < 1.29 is 18.7 Å². The van der Waals surface area contributed by atoms with Crippen molar-refractivity contribution in [2.45, 2.75) is 26.8 Å². The summed E-state index contributed by atoms with van der Waals surface area (Å²) in [6.45, 7) is 6.43.